The summed E-state index contributed by atoms with van der Waals surface area (Å²) in [6.45, 7) is 0.303. The molecule has 0 amide bonds. The fraction of sp³-hybridized carbons (Fsp3) is 0.111. The van der Waals surface area contributed by atoms with Crippen LogP contribution < -0.4 is 20.9 Å². The van der Waals surface area contributed by atoms with Crippen molar-refractivity contribution in [2.45, 2.75) is 6.54 Å². The highest BCUT2D eigenvalue weighted by Gasteiger charge is 2.23. The number of ether oxygens (including phenoxy) is 1. The molecule has 3 rings (SSSR count). The van der Waals surface area contributed by atoms with E-state index in [0.717, 1.165) is 5.56 Å². The Labute approximate surface area is 170 Å². The van der Waals surface area contributed by atoms with E-state index in [-0.39, 0.29) is 23.0 Å². The molecule has 0 saturated carbocycles. The van der Waals surface area contributed by atoms with E-state index in [2.05, 4.69) is 26.1 Å². The Morgan fingerprint density at radius 1 is 0.900 bits per heavy atom. The van der Waals surface area contributed by atoms with Gasteiger partial charge in [-0.15, -0.1) is 0 Å². The van der Waals surface area contributed by atoms with Gasteiger partial charge in [-0.1, -0.05) is 12.1 Å². The Morgan fingerprint density at radius 2 is 1.57 bits per heavy atom. The molecule has 30 heavy (non-hydrogen) atoms. The molecule has 0 bridgehead atoms. The highest BCUT2D eigenvalue weighted by atomic mass is 16.6. The maximum absolute atomic E-state index is 11.6. The Kier molecular flexibility index (Phi) is 6.17. The molecule has 1 aromatic heterocycles. The number of nitrogens with zero attached hydrogens (tertiary/aromatic N) is 4. The lowest BCUT2D eigenvalue weighted by Gasteiger charge is -2.11. The van der Waals surface area contributed by atoms with Gasteiger partial charge in [0.15, 0.2) is 0 Å². The minimum absolute atomic E-state index is 0.0406. The second-order valence-corrected chi connectivity index (χ2v) is 5.93. The van der Waals surface area contributed by atoms with Gasteiger partial charge in [0, 0.05) is 18.7 Å². The molecule has 0 spiro atoms. The number of rotatable bonds is 9. The summed E-state index contributed by atoms with van der Waals surface area (Å²) in [7, 11) is 1.57. The summed E-state index contributed by atoms with van der Waals surface area (Å²) in [6.07, 6.45) is 1.18. The first kappa shape index (κ1) is 20.3. The molecule has 0 saturated heterocycles. The number of nitro groups is 2. The van der Waals surface area contributed by atoms with Crippen molar-refractivity contribution in [3.8, 4) is 5.75 Å². The SMILES string of the molecule is COc1ccc(CNc2ncnc(NNc3ccc([N+](=O)[O-])cc3)c2[N+](=O)[O-])cc1. The van der Waals surface area contributed by atoms with Gasteiger partial charge in [-0.2, -0.15) is 0 Å². The van der Waals surface area contributed by atoms with Crippen molar-refractivity contribution in [2.24, 2.45) is 0 Å². The van der Waals surface area contributed by atoms with Gasteiger partial charge < -0.3 is 10.1 Å². The van der Waals surface area contributed by atoms with Crippen molar-refractivity contribution in [3.05, 3.63) is 80.7 Å². The van der Waals surface area contributed by atoms with Gasteiger partial charge in [-0.25, -0.2) is 9.97 Å². The van der Waals surface area contributed by atoms with Crippen molar-refractivity contribution in [2.75, 3.05) is 23.3 Å². The van der Waals surface area contributed by atoms with Crippen LogP contribution >= 0.6 is 0 Å². The van der Waals surface area contributed by atoms with Gasteiger partial charge in [-0.3, -0.25) is 31.1 Å². The summed E-state index contributed by atoms with van der Waals surface area (Å²) < 4.78 is 5.10. The molecule has 0 radical (unpaired) electrons. The van der Waals surface area contributed by atoms with E-state index in [4.69, 9.17) is 4.74 Å². The monoisotopic (exact) mass is 411 g/mol. The third-order valence-electron chi connectivity index (χ3n) is 4.03. The zero-order chi connectivity index (χ0) is 21.5. The highest BCUT2D eigenvalue weighted by molar-refractivity contribution is 5.70. The number of anilines is 3. The first-order valence-corrected chi connectivity index (χ1v) is 8.60. The van der Waals surface area contributed by atoms with Crippen LogP contribution in [0.3, 0.4) is 0 Å². The predicted octanol–water partition coefficient (Wildman–Crippen LogP) is 3.35. The molecule has 3 N–H and O–H groups in total. The molecular weight excluding hydrogens is 394 g/mol. The number of hydrogen-bond acceptors (Lipinski definition) is 10. The Balaban J connectivity index is 1.73. The second-order valence-electron chi connectivity index (χ2n) is 5.93. The van der Waals surface area contributed by atoms with Crippen LogP contribution in [0.5, 0.6) is 5.75 Å². The molecule has 12 heteroatoms. The molecule has 3 aromatic rings. The summed E-state index contributed by atoms with van der Waals surface area (Å²) in [6, 6.07) is 12.8. The number of benzene rings is 2. The van der Waals surface area contributed by atoms with Crippen molar-refractivity contribution >= 4 is 28.7 Å². The van der Waals surface area contributed by atoms with Crippen LogP contribution in [0.2, 0.25) is 0 Å². The molecule has 154 valence electrons. The van der Waals surface area contributed by atoms with Gasteiger partial charge in [0.25, 0.3) is 5.69 Å². The van der Waals surface area contributed by atoms with E-state index >= 15 is 0 Å². The Hall–Kier alpha value is -4.48. The maximum Gasteiger partial charge on any atom is 0.354 e. The van der Waals surface area contributed by atoms with Gasteiger partial charge >= 0.3 is 5.69 Å². The third kappa shape index (κ3) is 4.86. The maximum atomic E-state index is 11.6. The molecule has 2 aromatic carbocycles. The predicted molar refractivity (Wildman–Crippen MR) is 109 cm³/mol. The molecule has 0 aliphatic heterocycles. The summed E-state index contributed by atoms with van der Waals surface area (Å²) in [5.74, 6) is 0.681. The largest absolute Gasteiger partial charge is 0.497 e. The summed E-state index contributed by atoms with van der Waals surface area (Å²) >= 11 is 0. The lowest BCUT2D eigenvalue weighted by atomic mass is 10.2. The van der Waals surface area contributed by atoms with E-state index in [1.165, 1.54) is 30.6 Å². The number of nitro benzene ring substituents is 1. The fourth-order valence-electron chi connectivity index (χ4n) is 2.50. The van der Waals surface area contributed by atoms with Crippen LogP contribution in [0.15, 0.2) is 54.9 Å². The second kappa shape index (κ2) is 9.14. The first-order valence-electron chi connectivity index (χ1n) is 8.60. The fourth-order valence-corrected chi connectivity index (χ4v) is 2.50. The first-order chi connectivity index (χ1) is 14.5. The lowest BCUT2D eigenvalue weighted by Crippen LogP contribution is -2.14. The normalized spacial score (nSPS) is 10.2. The third-order valence-corrected chi connectivity index (χ3v) is 4.03. The van der Waals surface area contributed by atoms with E-state index in [1.54, 1.807) is 19.2 Å². The van der Waals surface area contributed by atoms with Gasteiger partial charge in [0.05, 0.1) is 22.6 Å². The summed E-state index contributed by atoms with van der Waals surface area (Å²) in [5, 5.41) is 25.2. The van der Waals surface area contributed by atoms with Gasteiger partial charge in [0.2, 0.25) is 11.6 Å². The Morgan fingerprint density at radius 3 is 2.17 bits per heavy atom. The van der Waals surface area contributed by atoms with E-state index in [0.29, 0.717) is 18.0 Å². The molecule has 12 nitrogen and oxygen atoms in total. The molecule has 1 heterocycles. The minimum atomic E-state index is -0.601. The van der Waals surface area contributed by atoms with Crippen molar-refractivity contribution < 1.29 is 14.6 Å². The van der Waals surface area contributed by atoms with Crippen molar-refractivity contribution in [1.29, 1.82) is 0 Å². The van der Waals surface area contributed by atoms with E-state index < -0.39 is 9.85 Å². The number of hydrazine groups is 1. The number of methoxy groups -OCH3 is 1. The zero-order valence-corrected chi connectivity index (χ0v) is 15.7. The molecule has 0 aliphatic carbocycles. The number of nitrogens with one attached hydrogen (secondary N) is 3. The molecule has 0 aliphatic rings. The molecule has 0 fully saturated rings. The average molecular weight is 411 g/mol. The van der Waals surface area contributed by atoms with E-state index in [1.807, 2.05) is 12.1 Å². The smallest absolute Gasteiger partial charge is 0.354 e. The molecule has 0 unspecified atom stereocenters. The summed E-state index contributed by atoms with van der Waals surface area (Å²) in [5.41, 5.74) is 6.29. The number of non-ortho nitro benzene ring substituents is 1. The topological polar surface area (TPSA) is 157 Å². The van der Waals surface area contributed by atoms with Crippen LogP contribution in [0.25, 0.3) is 0 Å². The van der Waals surface area contributed by atoms with Gasteiger partial charge in [-0.05, 0) is 29.8 Å². The van der Waals surface area contributed by atoms with Crippen LogP contribution in [-0.4, -0.2) is 26.9 Å². The van der Waals surface area contributed by atoms with Gasteiger partial charge in [0.1, 0.15) is 12.1 Å². The van der Waals surface area contributed by atoms with Crippen molar-refractivity contribution in [1.82, 2.24) is 9.97 Å². The van der Waals surface area contributed by atoms with Crippen LogP contribution in [-0.2, 0) is 6.54 Å². The highest BCUT2D eigenvalue weighted by Crippen LogP contribution is 2.29. The van der Waals surface area contributed by atoms with Crippen LogP contribution in [0.4, 0.5) is 28.7 Å². The number of hydrogen-bond donors (Lipinski definition) is 3. The standard InChI is InChI=1S/C18H17N7O5/c1-30-15-8-2-12(3-9-15)10-19-17-16(25(28)29)18(21-11-20-17)23-22-13-4-6-14(7-5-13)24(26)27/h2-9,11,22H,10H2,1H3,(H2,19,20,21,23). The quantitative estimate of drug-likeness (QED) is 0.352. The number of aromatic nitrogens is 2. The van der Waals surface area contributed by atoms with Crippen molar-refractivity contribution in [3.63, 3.8) is 0 Å². The van der Waals surface area contributed by atoms with Crippen LogP contribution in [0, 0.1) is 20.2 Å². The molecular formula is C18H17N7O5. The minimum Gasteiger partial charge on any atom is -0.497 e. The van der Waals surface area contributed by atoms with E-state index in [9.17, 15) is 20.2 Å². The van der Waals surface area contributed by atoms with Crippen LogP contribution in [0.1, 0.15) is 5.56 Å². The average Bonchev–Trinajstić information content (AvgIpc) is 2.76. The lowest BCUT2D eigenvalue weighted by molar-refractivity contribution is -0.384. The molecule has 0 atom stereocenters. The summed E-state index contributed by atoms with van der Waals surface area (Å²) in [4.78, 5) is 29.1. The zero-order valence-electron chi connectivity index (χ0n) is 15.7. The Bertz CT molecular complexity index is 1040.